The van der Waals surface area contributed by atoms with E-state index in [9.17, 15) is 19.8 Å². The molecule has 2 N–H and O–H groups in total. The molecule has 3 rings (SSSR count). The fraction of sp³-hybridized carbons (Fsp3) is 0.308. The summed E-state index contributed by atoms with van der Waals surface area (Å²) >= 11 is 0. The Bertz CT molecular complexity index is 968. The second-order valence-electron chi connectivity index (χ2n) is 8.14. The molecule has 30 heavy (non-hydrogen) atoms. The third-order valence-corrected chi connectivity index (χ3v) is 6.43. The molecule has 0 aliphatic heterocycles. The van der Waals surface area contributed by atoms with E-state index in [0.717, 1.165) is 27.8 Å². The Morgan fingerprint density at radius 3 is 1.73 bits per heavy atom. The van der Waals surface area contributed by atoms with Gasteiger partial charge < -0.3 is 10.2 Å². The number of hydrogen-bond acceptors (Lipinski definition) is 2. The number of benzene rings is 2. The van der Waals surface area contributed by atoms with E-state index >= 15 is 0 Å². The molecule has 0 heterocycles. The Kier molecular flexibility index (Phi) is 5.97. The van der Waals surface area contributed by atoms with Crippen LogP contribution in [-0.2, 0) is 20.4 Å². The Hall–Kier alpha value is -3.14. The van der Waals surface area contributed by atoms with Crippen LogP contribution >= 0.6 is 0 Å². The van der Waals surface area contributed by atoms with Crippen LogP contribution in [0.5, 0.6) is 0 Å². The Morgan fingerprint density at radius 2 is 1.30 bits per heavy atom. The standard InChI is InChI=1S/C26H28O4/c1-4-9-18(2)26(17-15-24(29)30)21-12-7-5-10-19(21)25(3,16-14-23(27)28)20-11-6-8-13-22(20)26/h4-13H,2,14-17H2,1,3H3,(H,27,28)(H,29,30)/b9-4-. The minimum Gasteiger partial charge on any atom is -0.481 e. The molecule has 0 saturated heterocycles. The number of carboxylic acids is 2. The first-order valence-corrected chi connectivity index (χ1v) is 10.2. The van der Waals surface area contributed by atoms with Gasteiger partial charge >= 0.3 is 11.9 Å². The number of rotatable bonds is 8. The van der Waals surface area contributed by atoms with Crippen LogP contribution in [0.3, 0.4) is 0 Å². The molecule has 0 atom stereocenters. The lowest BCUT2D eigenvalue weighted by Crippen LogP contribution is -2.42. The predicted molar refractivity (Wildman–Crippen MR) is 118 cm³/mol. The molecular weight excluding hydrogens is 376 g/mol. The summed E-state index contributed by atoms with van der Waals surface area (Å²) in [5.41, 5.74) is 3.78. The quantitative estimate of drug-likeness (QED) is 0.574. The van der Waals surface area contributed by atoms with Crippen molar-refractivity contribution in [2.75, 3.05) is 0 Å². The zero-order valence-corrected chi connectivity index (χ0v) is 17.5. The van der Waals surface area contributed by atoms with Crippen molar-refractivity contribution in [3.8, 4) is 0 Å². The first-order chi connectivity index (χ1) is 14.3. The maximum atomic E-state index is 11.6. The second-order valence-corrected chi connectivity index (χ2v) is 8.14. The van der Waals surface area contributed by atoms with Crippen LogP contribution in [0.4, 0.5) is 0 Å². The highest BCUT2D eigenvalue weighted by atomic mass is 16.4. The molecule has 2 aromatic carbocycles. The molecule has 156 valence electrons. The lowest BCUT2D eigenvalue weighted by molar-refractivity contribution is -0.138. The van der Waals surface area contributed by atoms with Gasteiger partial charge in [0, 0.05) is 23.7 Å². The average Bonchev–Trinajstić information content (AvgIpc) is 2.73. The van der Waals surface area contributed by atoms with Crippen LogP contribution in [0.15, 0.2) is 72.8 Å². The van der Waals surface area contributed by atoms with Gasteiger partial charge in [-0.2, -0.15) is 0 Å². The molecule has 0 radical (unpaired) electrons. The lowest BCUT2D eigenvalue weighted by atomic mass is 9.54. The molecule has 1 aliphatic rings. The Labute approximate surface area is 177 Å². The average molecular weight is 405 g/mol. The number of hydrogen-bond donors (Lipinski definition) is 2. The fourth-order valence-corrected chi connectivity index (χ4v) is 5.00. The van der Waals surface area contributed by atoms with E-state index in [4.69, 9.17) is 0 Å². The number of allylic oxidation sites excluding steroid dienone is 3. The highest BCUT2D eigenvalue weighted by Crippen LogP contribution is 2.56. The van der Waals surface area contributed by atoms with Crippen LogP contribution in [0.1, 0.15) is 61.8 Å². The normalized spacial score (nSPS) is 22.3. The van der Waals surface area contributed by atoms with E-state index in [1.807, 2.05) is 67.6 Å². The number of aliphatic carboxylic acids is 2. The monoisotopic (exact) mass is 404 g/mol. The Morgan fingerprint density at radius 1 is 0.867 bits per heavy atom. The number of fused-ring (bicyclic) bond motifs is 2. The van der Waals surface area contributed by atoms with Crippen molar-refractivity contribution >= 4 is 11.9 Å². The van der Waals surface area contributed by atoms with Gasteiger partial charge in [-0.3, -0.25) is 9.59 Å². The second kappa shape index (κ2) is 8.31. The number of carbonyl (C=O) groups is 2. The van der Waals surface area contributed by atoms with Crippen molar-refractivity contribution in [3.63, 3.8) is 0 Å². The molecule has 2 aromatic rings. The third-order valence-electron chi connectivity index (χ3n) is 6.43. The van der Waals surface area contributed by atoms with Gasteiger partial charge in [0.1, 0.15) is 0 Å². The SMILES string of the molecule is C=C(/C=C\C)C1(CCC(=O)O)c2ccccc2C(C)(CCC(=O)O)c2ccccc21. The summed E-state index contributed by atoms with van der Waals surface area (Å²) in [4.78, 5) is 23.0. The molecule has 0 fully saturated rings. The van der Waals surface area contributed by atoms with E-state index in [0.29, 0.717) is 12.8 Å². The van der Waals surface area contributed by atoms with Crippen molar-refractivity contribution in [2.24, 2.45) is 0 Å². The van der Waals surface area contributed by atoms with Crippen LogP contribution in [0.25, 0.3) is 0 Å². The zero-order chi connectivity index (χ0) is 21.9. The van der Waals surface area contributed by atoms with Crippen LogP contribution < -0.4 is 0 Å². The van der Waals surface area contributed by atoms with Gasteiger partial charge in [0.05, 0.1) is 0 Å². The minimum atomic E-state index is -0.850. The molecule has 0 unspecified atom stereocenters. The van der Waals surface area contributed by atoms with Gasteiger partial charge in [0.15, 0.2) is 0 Å². The summed E-state index contributed by atoms with van der Waals surface area (Å²) in [5.74, 6) is -1.68. The fourth-order valence-electron chi connectivity index (χ4n) is 5.00. The summed E-state index contributed by atoms with van der Waals surface area (Å²) in [6.07, 6.45) is 4.78. The third kappa shape index (κ3) is 3.47. The maximum absolute atomic E-state index is 11.6. The molecule has 0 saturated carbocycles. The van der Waals surface area contributed by atoms with Gasteiger partial charge in [-0.1, -0.05) is 74.2 Å². The van der Waals surface area contributed by atoms with Crippen LogP contribution in [0.2, 0.25) is 0 Å². The van der Waals surface area contributed by atoms with E-state index < -0.39 is 22.8 Å². The van der Waals surface area contributed by atoms with Crippen molar-refractivity contribution in [2.45, 2.75) is 50.4 Å². The van der Waals surface area contributed by atoms with Gasteiger partial charge in [-0.05, 0) is 47.6 Å². The summed E-state index contributed by atoms with van der Waals surface area (Å²) in [6, 6.07) is 16.0. The van der Waals surface area contributed by atoms with Crippen LogP contribution in [-0.4, -0.2) is 22.2 Å². The molecular formula is C26H28O4. The zero-order valence-electron chi connectivity index (χ0n) is 17.5. The first kappa shape index (κ1) is 21.6. The van der Waals surface area contributed by atoms with E-state index in [2.05, 4.69) is 13.5 Å². The van der Waals surface area contributed by atoms with Gasteiger partial charge in [0.2, 0.25) is 0 Å². The number of carboxylic acid groups (broad SMARTS) is 2. The van der Waals surface area contributed by atoms with E-state index in [1.54, 1.807) is 0 Å². The summed E-state index contributed by atoms with van der Waals surface area (Å²) in [7, 11) is 0. The topological polar surface area (TPSA) is 74.6 Å². The van der Waals surface area contributed by atoms with Gasteiger partial charge in [-0.15, -0.1) is 0 Å². The van der Waals surface area contributed by atoms with Crippen LogP contribution in [0, 0.1) is 0 Å². The molecule has 0 amide bonds. The smallest absolute Gasteiger partial charge is 0.303 e. The van der Waals surface area contributed by atoms with Gasteiger partial charge in [-0.25, -0.2) is 0 Å². The summed E-state index contributed by atoms with van der Waals surface area (Å²) in [6.45, 7) is 8.38. The highest BCUT2D eigenvalue weighted by molar-refractivity contribution is 5.71. The minimum absolute atomic E-state index is 0.00504. The summed E-state index contributed by atoms with van der Waals surface area (Å²) < 4.78 is 0. The molecule has 4 heteroatoms. The van der Waals surface area contributed by atoms with Crippen molar-refractivity contribution in [1.82, 2.24) is 0 Å². The van der Waals surface area contributed by atoms with Crippen molar-refractivity contribution < 1.29 is 19.8 Å². The lowest BCUT2D eigenvalue weighted by Gasteiger charge is -2.49. The van der Waals surface area contributed by atoms with Crippen molar-refractivity contribution in [3.05, 3.63) is 95.1 Å². The van der Waals surface area contributed by atoms with E-state index in [1.165, 1.54) is 0 Å². The van der Waals surface area contributed by atoms with Crippen molar-refractivity contribution in [1.29, 1.82) is 0 Å². The predicted octanol–water partition coefficient (Wildman–Crippen LogP) is 5.45. The molecule has 0 bridgehead atoms. The molecule has 1 aliphatic carbocycles. The molecule has 0 aromatic heterocycles. The summed E-state index contributed by atoms with van der Waals surface area (Å²) in [5, 5.41) is 18.9. The first-order valence-electron chi connectivity index (χ1n) is 10.2. The Balaban J connectivity index is 2.36. The maximum Gasteiger partial charge on any atom is 0.303 e. The molecule has 4 nitrogen and oxygen atoms in total. The molecule has 0 spiro atoms. The van der Waals surface area contributed by atoms with E-state index in [-0.39, 0.29) is 12.8 Å². The van der Waals surface area contributed by atoms with Gasteiger partial charge in [0.25, 0.3) is 0 Å². The largest absolute Gasteiger partial charge is 0.481 e. The highest BCUT2D eigenvalue weighted by Gasteiger charge is 2.49.